The van der Waals surface area contributed by atoms with Crippen molar-refractivity contribution in [3.05, 3.63) is 6.33 Å². The van der Waals surface area contributed by atoms with E-state index in [-0.39, 0.29) is 42.8 Å². The number of carbonyl (C=O) groups excluding carboxylic acids is 1. The molecule has 2 aromatic rings. The van der Waals surface area contributed by atoms with Crippen molar-refractivity contribution in [1.82, 2.24) is 24.6 Å². The standard InChI is InChI=1S/C22H34ClN6O7P/c1-7-32-18-15-17(26-21(24)27-18)29(10-25-15)20-22(6,23)16-14(35-20)9-34-37(31,36-16)28-13(11(2)3)8-33-19(30)12(4)5/h10-14,16,20H,7-9H2,1-6H3,(H,28,31)(H2,24,26,27)/t13-,14-,16-,20-,22-,37-/m1/s1. The third-order valence-corrected chi connectivity index (χ3v) is 8.33. The second-order valence-electron chi connectivity index (χ2n) is 9.91. The van der Waals surface area contributed by atoms with Gasteiger partial charge in [0.05, 0.1) is 31.5 Å². The van der Waals surface area contributed by atoms with Gasteiger partial charge in [0.25, 0.3) is 0 Å². The van der Waals surface area contributed by atoms with Gasteiger partial charge in [-0.2, -0.15) is 9.97 Å². The summed E-state index contributed by atoms with van der Waals surface area (Å²) in [7, 11) is -3.83. The van der Waals surface area contributed by atoms with Gasteiger partial charge in [0.1, 0.15) is 23.7 Å². The minimum atomic E-state index is -3.83. The Morgan fingerprint density at radius 3 is 2.76 bits per heavy atom. The number of hydrogen-bond acceptors (Lipinski definition) is 11. The van der Waals surface area contributed by atoms with E-state index < -0.39 is 37.1 Å². The van der Waals surface area contributed by atoms with E-state index in [4.69, 9.17) is 40.6 Å². The molecule has 0 aromatic carbocycles. The van der Waals surface area contributed by atoms with Crippen molar-refractivity contribution in [3.8, 4) is 5.88 Å². The monoisotopic (exact) mass is 560 g/mol. The number of aromatic nitrogens is 4. The molecule has 0 bridgehead atoms. The first-order valence-electron chi connectivity index (χ1n) is 12.2. The number of anilines is 1. The number of nitrogens with two attached hydrogens (primary N) is 1. The molecule has 2 aromatic heterocycles. The fraction of sp³-hybridized carbons (Fsp3) is 0.727. The normalized spacial score (nSPS) is 30.6. The van der Waals surface area contributed by atoms with Gasteiger partial charge in [-0.1, -0.05) is 27.7 Å². The zero-order valence-electron chi connectivity index (χ0n) is 21.7. The van der Waals surface area contributed by atoms with E-state index in [1.165, 1.54) is 6.33 Å². The van der Waals surface area contributed by atoms with Crippen LogP contribution in [0.1, 0.15) is 47.8 Å². The molecule has 2 aliphatic heterocycles. The Kier molecular flexibility index (Phi) is 8.04. The molecule has 2 aliphatic rings. The molecular weight excluding hydrogens is 527 g/mol. The molecule has 4 heterocycles. The molecule has 0 saturated carbocycles. The zero-order chi connectivity index (χ0) is 27.1. The van der Waals surface area contributed by atoms with Gasteiger partial charge in [0.15, 0.2) is 17.4 Å². The third kappa shape index (κ3) is 5.57. The first-order chi connectivity index (χ1) is 17.4. The molecule has 0 unspecified atom stereocenters. The highest BCUT2D eigenvalue weighted by molar-refractivity contribution is 7.51. The van der Waals surface area contributed by atoms with Gasteiger partial charge in [-0.25, -0.2) is 14.6 Å². The summed E-state index contributed by atoms with van der Waals surface area (Å²) < 4.78 is 44.0. The number of ether oxygens (including phenoxy) is 3. The number of fused-ring (bicyclic) bond motifs is 2. The molecule has 0 radical (unpaired) electrons. The van der Waals surface area contributed by atoms with Crippen LogP contribution in [0.4, 0.5) is 5.95 Å². The highest BCUT2D eigenvalue weighted by Crippen LogP contribution is 2.58. The molecule has 6 atom stereocenters. The Hall–Kier alpha value is -2.02. The van der Waals surface area contributed by atoms with Crippen molar-refractivity contribution < 1.29 is 32.6 Å². The van der Waals surface area contributed by atoms with Crippen LogP contribution >= 0.6 is 19.3 Å². The van der Waals surface area contributed by atoms with Gasteiger partial charge in [0.2, 0.25) is 11.8 Å². The number of nitrogens with zero attached hydrogens (tertiary/aromatic N) is 4. The summed E-state index contributed by atoms with van der Waals surface area (Å²) in [5, 5.41) is 2.93. The Morgan fingerprint density at radius 1 is 1.38 bits per heavy atom. The molecule has 3 N–H and O–H groups in total. The lowest BCUT2D eigenvalue weighted by Gasteiger charge is -2.37. The van der Waals surface area contributed by atoms with Crippen molar-refractivity contribution in [3.63, 3.8) is 0 Å². The lowest BCUT2D eigenvalue weighted by Crippen LogP contribution is -2.47. The lowest BCUT2D eigenvalue weighted by atomic mass is 10.0. The number of rotatable bonds is 9. The fourth-order valence-electron chi connectivity index (χ4n) is 4.16. The number of halogens is 1. The molecule has 13 nitrogen and oxygen atoms in total. The molecule has 0 amide bonds. The van der Waals surface area contributed by atoms with E-state index in [1.807, 2.05) is 20.8 Å². The zero-order valence-corrected chi connectivity index (χ0v) is 23.4. The minimum Gasteiger partial charge on any atom is -0.476 e. The van der Waals surface area contributed by atoms with Gasteiger partial charge in [-0.3, -0.25) is 18.4 Å². The average Bonchev–Trinajstić information content (AvgIpc) is 3.34. The minimum absolute atomic E-state index is 0.00979. The topological polar surface area (TPSA) is 162 Å². The van der Waals surface area contributed by atoms with Crippen LogP contribution in [0.25, 0.3) is 11.2 Å². The van der Waals surface area contributed by atoms with E-state index in [2.05, 4.69) is 20.0 Å². The van der Waals surface area contributed by atoms with Crippen molar-refractivity contribution >= 4 is 42.4 Å². The molecule has 4 rings (SSSR count). The largest absolute Gasteiger partial charge is 0.476 e. The fourth-order valence-corrected chi connectivity index (χ4v) is 6.54. The maximum atomic E-state index is 13.6. The summed E-state index contributed by atoms with van der Waals surface area (Å²) in [6, 6.07) is -0.473. The first-order valence-corrected chi connectivity index (χ1v) is 14.1. The van der Waals surface area contributed by atoms with Crippen LogP contribution in [-0.2, 0) is 27.9 Å². The Labute approximate surface area is 220 Å². The van der Waals surface area contributed by atoms with Crippen LogP contribution < -0.4 is 15.6 Å². The summed E-state index contributed by atoms with van der Waals surface area (Å²) >= 11 is 7.03. The number of nitrogens with one attached hydrogen (secondary N) is 1. The molecule has 37 heavy (non-hydrogen) atoms. The van der Waals surface area contributed by atoms with Crippen LogP contribution in [0.5, 0.6) is 5.88 Å². The Bertz CT molecular complexity index is 1190. The van der Waals surface area contributed by atoms with Crippen molar-refractivity contribution in [2.45, 2.75) is 70.9 Å². The number of imidazole rings is 1. The summed E-state index contributed by atoms with van der Waals surface area (Å²) in [4.78, 5) is 23.6. The summed E-state index contributed by atoms with van der Waals surface area (Å²) in [6.45, 7) is 11.2. The van der Waals surface area contributed by atoms with Crippen molar-refractivity contribution in [2.24, 2.45) is 11.8 Å². The number of hydrogen-bond donors (Lipinski definition) is 2. The van der Waals surface area contributed by atoms with Crippen molar-refractivity contribution in [2.75, 3.05) is 25.6 Å². The third-order valence-electron chi connectivity index (χ3n) is 6.29. The second-order valence-corrected chi connectivity index (χ2v) is 12.4. The van der Waals surface area contributed by atoms with Gasteiger partial charge >= 0.3 is 13.7 Å². The van der Waals surface area contributed by atoms with E-state index in [0.717, 1.165) is 0 Å². The smallest absolute Gasteiger partial charge is 0.406 e. The predicted octanol–water partition coefficient (Wildman–Crippen LogP) is 3.04. The SMILES string of the molecule is CCOc1nc(N)nc2c1ncn2[C@@H]1O[C@@H]2CO[P@](=O)(N[C@H](COC(=O)C(C)C)C(C)C)O[C@H]2[C@@]1(C)Cl. The Balaban J connectivity index is 1.55. The number of esters is 1. The number of carbonyl (C=O) groups is 1. The van der Waals surface area contributed by atoms with Crippen LogP contribution in [0.3, 0.4) is 0 Å². The highest BCUT2D eigenvalue weighted by atomic mass is 35.5. The summed E-state index contributed by atoms with van der Waals surface area (Å²) in [5.74, 6) is -0.397. The van der Waals surface area contributed by atoms with Crippen LogP contribution in [0.15, 0.2) is 6.33 Å². The first kappa shape index (κ1) is 28.0. The molecule has 206 valence electrons. The Morgan fingerprint density at radius 2 is 2.11 bits per heavy atom. The van der Waals surface area contributed by atoms with E-state index in [9.17, 15) is 9.36 Å². The van der Waals surface area contributed by atoms with Gasteiger partial charge in [-0.05, 0) is 19.8 Å². The average molecular weight is 561 g/mol. The van der Waals surface area contributed by atoms with Crippen LogP contribution in [0, 0.1) is 11.8 Å². The highest BCUT2D eigenvalue weighted by Gasteiger charge is 2.60. The van der Waals surface area contributed by atoms with E-state index in [1.54, 1.807) is 25.3 Å². The molecule has 15 heteroatoms. The van der Waals surface area contributed by atoms with Gasteiger partial charge in [-0.15, -0.1) is 11.6 Å². The molecule has 2 fully saturated rings. The lowest BCUT2D eigenvalue weighted by molar-refractivity contribution is -0.148. The number of alkyl halides is 1. The maximum Gasteiger partial charge on any atom is 0.406 e. The van der Waals surface area contributed by atoms with Crippen LogP contribution in [0.2, 0.25) is 0 Å². The maximum absolute atomic E-state index is 13.6. The van der Waals surface area contributed by atoms with Gasteiger partial charge < -0.3 is 19.9 Å². The van der Waals surface area contributed by atoms with Crippen molar-refractivity contribution in [1.29, 1.82) is 0 Å². The van der Waals surface area contributed by atoms with E-state index >= 15 is 0 Å². The number of nitrogen functional groups attached to an aromatic ring is 1. The van der Waals surface area contributed by atoms with E-state index in [0.29, 0.717) is 17.8 Å². The summed E-state index contributed by atoms with van der Waals surface area (Å²) in [6.07, 6.45) is -0.711. The molecular formula is C22H34ClN6O7P. The second kappa shape index (κ2) is 10.6. The van der Waals surface area contributed by atoms with Crippen LogP contribution in [-0.4, -0.2) is 68.4 Å². The molecule has 0 aliphatic carbocycles. The molecule has 0 spiro atoms. The predicted molar refractivity (Wildman–Crippen MR) is 135 cm³/mol. The molecule has 2 saturated heterocycles. The van der Waals surface area contributed by atoms with Gasteiger partial charge in [0, 0.05) is 0 Å². The summed E-state index contributed by atoms with van der Waals surface area (Å²) in [5.41, 5.74) is 6.67. The quantitative estimate of drug-likeness (QED) is 0.262.